The first-order valence-electron chi connectivity index (χ1n) is 5.11. The number of carbonyl (C=O) groups excluding carboxylic acids is 1. The van der Waals surface area contributed by atoms with Crippen molar-refractivity contribution in [3.63, 3.8) is 0 Å². The zero-order valence-electron chi connectivity index (χ0n) is 9.24. The fourth-order valence-corrected chi connectivity index (χ4v) is 1.50. The van der Waals surface area contributed by atoms with Gasteiger partial charge in [0.1, 0.15) is 0 Å². The smallest absolute Gasteiger partial charge is 0.290 e. The summed E-state index contributed by atoms with van der Waals surface area (Å²) in [6.45, 7) is 2.20. The standard InChI is InChI=1S/C12H11ClN2O2/c1-8-6-15-17-11(8)12(16)14-7-9-2-4-10(13)5-3-9/h2-6H,7H2,1H3,(H,14,16). The predicted molar refractivity (Wildman–Crippen MR) is 63.9 cm³/mol. The SMILES string of the molecule is Cc1cnoc1C(=O)NCc1ccc(Cl)cc1. The number of halogens is 1. The Morgan fingerprint density at radius 3 is 2.71 bits per heavy atom. The molecule has 0 fully saturated rings. The molecule has 2 rings (SSSR count). The molecule has 0 atom stereocenters. The fraction of sp³-hybridized carbons (Fsp3) is 0.167. The maximum atomic E-state index is 11.7. The van der Waals surface area contributed by atoms with Crippen molar-refractivity contribution in [2.75, 3.05) is 0 Å². The van der Waals surface area contributed by atoms with Crippen LogP contribution in [0.2, 0.25) is 5.02 Å². The van der Waals surface area contributed by atoms with E-state index in [-0.39, 0.29) is 11.7 Å². The number of hydrogen-bond donors (Lipinski definition) is 1. The van der Waals surface area contributed by atoms with Crippen LogP contribution in [0.15, 0.2) is 35.0 Å². The van der Waals surface area contributed by atoms with E-state index in [1.165, 1.54) is 6.20 Å². The Kier molecular flexibility index (Phi) is 3.44. The van der Waals surface area contributed by atoms with E-state index in [0.717, 1.165) is 11.1 Å². The van der Waals surface area contributed by atoms with Crippen LogP contribution < -0.4 is 5.32 Å². The van der Waals surface area contributed by atoms with Gasteiger partial charge in [-0.2, -0.15) is 0 Å². The van der Waals surface area contributed by atoms with E-state index in [1.54, 1.807) is 19.1 Å². The Labute approximate surface area is 104 Å². The maximum absolute atomic E-state index is 11.7. The summed E-state index contributed by atoms with van der Waals surface area (Å²) in [4.78, 5) is 11.7. The normalized spacial score (nSPS) is 10.2. The highest BCUT2D eigenvalue weighted by molar-refractivity contribution is 6.30. The van der Waals surface area contributed by atoms with E-state index in [4.69, 9.17) is 16.1 Å². The highest BCUT2D eigenvalue weighted by atomic mass is 35.5. The van der Waals surface area contributed by atoms with Gasteiger partial charge in [0.15, 0.2) is 0 Å². The van der Waals surface area contributed by atoms with Crippen molar-refractivity contribution >= 4 is 17.5 Å². The van der Waals surface area contributed by atoms with Gasteiger partial charge in [-0.25, -0.2) is 0 Å². The van der Waals surface area contributed by atoms with Crippen LogP contribution in [0.5, 0.6) is 0 Å². The summed E-state index contributed by atoms with van der Waals surface area (Å²) in [6, 6.07) is 7.27. The number of amides is 1. The van der Waals surface area contributed by atoms with Crippen LogP contribution in [0.1, 0.15) is 21.7 Å². The molecule has 5 heteroatoms. The maximum Gasteiger partial charge on any atom is 0.290 e. The van der Waals surface area contributed by atoms with Crippen molar-refractivity contribution in [2.45, 2.75) is 13.5 Å². The molecule has 1 aromatic carbocycles. The van der Waals surface area contributed by atoms with Crippen LogP contribution in [-0.2, 0) is 6.54 Å². The van der Waals surface area contributed by atoms with Gasteiger partial charge in [-0.1, -0.05) is 28.9 Å². The van der Waals surface area contributed by atoms with Crippen molar-refractivity contribution < 1.29 is 9.32 Å². The Bertz CT molecular complexity index is 520. The largest absolute Gasteiger partial charge is 0.351 e. The molecule has 1 amide bonds. The zero-order chi connectivity index (χ0) is 12.3. The minimum Gasteiger partial charge on any atom is -0.351 e. The van der Waals surface area contributed by atoms with Gasteiger partial charge in [0.2, 0.25) is 5.76 Å². The van der Waals surface area contributed by atoms with E-state index >= 15 is 0 Å². The Balaban J connectivity index is 1.97. The third-order valence-electron chi connectivity index (χ3n) is 2.32. The molecular weight excluding hydrogens is 240 g/mol. The average molecular weight is 251 g/mol. The van der Waals surface area contributed by atoms with Crippen LogP contribution in [0, 0.1) is 6.92 Å². The fourth-order valence-electron chi connectivity index (χ4n) is 1.37. The molecule has 1 N–H and O–H groups in total. The lowest BCUT2D eigenvalue weighted by molar-refractivity contribution is 0.0913. The lowest BCUT2D eigenvalue weighted by Gasteiger charge is -2.03. The van der Waals surface area contributed by atoms with Gasteiger partial charge in [-0.05, 0) is 24.6 Å². The highest BCUT2D eigenvalue weighted by Gasteiger charge is 2.13. The number of carbonyl (C=O) groups is 1. The second-order valence-corrected chi connectivity index (χ2v) is 4.08. The third-order valence-corrected chi connectivity index (χ3v) is 2.57. The number of hydrogen-bond acceptors (Lipinski definition) is 3. The van der Waals surface area contributed by atoms with E-state index in [9.17, 15) is 4.79 Å². The quantitative estimate of drug-likeness (QED) is 0.911. The number of nitrogens with zero attached hydrogens (tertiary/aromatic N) is 1. The number of aryl methyl sites for hydroxylation is 1. The molecule has 2 aromatic rings. The first-order valence-corrected chi connectivity index (χ1v) is 5.48. The first-order chi connectivity index (χ1) is 8.16. The number of rotatable bonds is 3. The highest BCUT2D eigenvalue weighted by Crippen LogP contribution is 2.10. The van der Waals surface area contributed by atoms with E-state index in [1.807, 2.05) is 12.1 Å². The molecule has 0 aliphatic carbocycles. The van der Waals surface area contributed by atoms with Crippen molar-refractivity contribution in [1.29, 1.82) is 0 Å². The molecule has 0 aliphatic rings. The third kappa shape index (κ3) is 2.85. The molecule has 1 heterocycles. The van der Waals surface area contributed by atoms with Crippen LogP contribution in [-0.4, -0.2) is 11.1 Å². The molecule has 0 bridgehead atoms. The Morgan fingerprint density at radius 1 is 1.41 bits per heavy atom. The predicted octanol–water partition coefficient (Wildman–Crippen LogP) is 2.57. The summed E-state index contributed by atoms with van der Waals surface area (Å²) >= 11 is 5.77. The van der Waals surface area contributed by atoms with Crippen LogP contribution >= 0.6 is 11.6 Å². The monoisotopic (exact) mass is 250 g/mol. The molecule has 88 valence electrons. The molecule has 0 unspecified atom stereocenters. The van der Waals surface area contributed by atoms with Gasteiger partial charge in [0.05, 0.1) is 6.20 Å². The summed E-state index contributed by atoms with van der Waals surface area (Å²) in [6.07, 6.45) is 1.51. The molecule has 4 nitrogen and oxygen atoms in total. The number of benzene rings is 1. The molecule has 0 spiro atoms. The minimum atomic E-state index is -0.269. The van der Waals surface area contributed by atoms with Gasteiger partial charge >= 0.3 is 0 Å². The molecule has 17 heavy (non-hydrogen) atoms. The summed E-state index contributed by atoms with van der Waals surface area (Å²) in [7, 11) is 0. The zero-order valence-corrected chi connectivity index (χ0v) is 9.99. The van der Waals surface area contributed by atoms with Crippen molar-refractivity contribution in [1.82, 2.24) is 10.5 Å². The van der Waals surface area contributed by atoms with Crippen LogP contribution in [0.3, 0.4) is 0 Å². The van der Waals surface area contributed by atoms with Gasteiger partial charge in [0.25, 0.3) is 5.91 Å². The summed E-state index contributed by atoms with van der Waals surface area (Å²) < 4.78 is 4.85. The van der Waals surface area contributed by atoms with Crippen LogP contribution in [0.4, 0.5) is 0 Å². The second kappa shape index (κ2) is 5.01. The molecule has 1 aromatic heterocycles. The molecule has 0 aliphatic heterocycles. The molecular formula is C12H11ClN2O2. The lowest BCUT2D eigenvalue weighted by Crippen LogP contribution is -2.22. The molecule has 0 radical (unpaired) electrons. The topological polar surface area (TPSA) is 55.1 Å². The molecule has 0 saturated heterocycles. The number of aromatic nitrogens is 1. The van der Waals surface area contributed by atoms with Crippen molar-refractivity contribution in [3.05, 3.63) is 52.4 Å². The van der Waals surface area contributed by atoms with E-state index in [2.05, 4.69) is 10.5 Å². The minimum absolute atomic E-state index is 0.249. The summed E-state index contributed by atoms with van der Waals surface area (Å²) in [5.74, 6) is -0.0195. The lowest BCUT2D eigenvalue weighted by atomic mass is 10.2. The van der Waals surface area contributed by atoms with Gasteiger partial charge in [0, 0.05) is 17.1 Å². The summed E-state index contributed by atoms with van der Waals surface area (Å²) in [5, 5.41) is 6.97. The Hall–Kier alpha value is -1.81. The van der Waals surface area contributed by atoms with Gasteiger partial charge in [-0.15, -0.1) is 0 Å². The van der Waals surface area contributed by atoms with E-state index in [0.29, 0.717) is 11.6 Å². The Morgan fingerprint density at radius 2 is 2.12 bits per heavy atom. The van der Waals surface area contributed by atoms with E-state index < -0.39 is 0 Å². The number of nitrogens with one attached hydrogen (secondary N) is 1. The second-order valence-electron chi connectivity index (χ2n) is 3.65. The summed E-state index contributed by atoms with van der Waals surface area (Å²) in [5.41, 5.74) is 1.69. The van der Waals surface area contributed by atoms with Crippen LogP contribution in [0.25, 0.3) is 0 Å². The van der Waals surface area contributed by atoms with Gasteiger partial charge < -0.3 is 9.84 Å². The first kappa shape index (κ1) is 11.7. The van der Waals surface area contributed by atoms with Gasteiger partial charge in [-0.3, -0.25) is 4.79 Å². The van der Waals surface area contributed by atoms with Crippen molar-refractivity contribution in [2.24, 2.45) is 0 Å². The van der Waals surface area contributed by atoms with Crippen molar-refractivity contribution in [3.8, 4) is 0 Å². The average Bonchev–Trinajstić information content (AvgIpc) is 2.74. The molecule has 0 saturated carbocycles.